The number of likely N-dealkylation sites (tertiary alicyclic amines) is 1. The Morgan fingerprint density at radius 3 is 2.28 bits per heavy atom. The lowest BCUT2D eigenvalue weighted by molar-refractivity contribution is 0.0276. The average molecular weight is 255 g/mol. The summed E-state index contributed by atoms with van der Waals surface area (Å²) in [5.41, 5.74) is -0.409. The highest BCUT2D eigenvalue weighted by molar-refractivity contribution is 5.68. The van der Waals surface area contributed by atoms with Crippen LogP contribution in [0.3, 0.4) is 0 Å². The van der Waals surface area contributed by atoms with Gasteiger partial charge in [-0.25, -0.2) is 4.79 Å². The van der Waals surface area contributed by atoms with E-state index in [-0.39, 0.29) is 6.09 Å². The van der Waals surface area contributed by atoms with Crippen molar-refractivity contribution in [1.29, 1.82) is 0 Å². The fraction of sp³-hybridized carbons (Fsp3) is 0.929. The molecule has 104 valence electrons. The topological polar surface area (TPSA) is 49.8 Å². The molecular weight excluding hydrogens is 230 g/mol. The maximum absolute atomic E-state index is 12.0. The van der Waals surface area contributed by atoms with Gasteiger partial charge in [0, 0.05) is 19.7 Å². The summed E-state index contributed by atoms with van der Waals surface area (Å²) >= 11 is 0. The number of hydrogen-bond donors (Lipinski definition) is 1. The smallest absolute Gasteiger partial charge is 0.410 e. The van der Waals surface area contributed by atoms with Gasteiger partial charge in [0.15, 0.2) is 0 Å². The van der Waals surface area contributed by atoms with E-state index in [1.807, 2.05) is 25.7 Å². The van der Waals surface area contributed by atoms with Gasteiger partial charge in [0.2, 0.25) is 0 Å². The van der Waals surface area contributed by atoms with Gasteiger partial charge >= 0.3 is 6.09 Å². The van der Waals surface area contributed by atoms with Gasteiger partial charge in [-0.2, -0.15) is 0 Å². The van der Waals surface area contributed by atoms with Crippen LogP contribution in [0.1, 0.15) is 40.0 Å². The van der Waals surface area contributed by atoms with E-state index in [2.05, 4.69) is 0 Å². The van der Waals surface area contributed by atoms with Crippen LogP contribution in [-0.2, 0) is 4.74 Å². The highest BCUT2D eigenvalue weighted by Crippen LogP contribution is 2.42. The number of ether oxygens (including phenoxy) is 1. The Kier molecular flexibility index (Phi) is 3.85. The zero-order valence-corrected chi connectivity index (χ0v) is 11.7. The first-order valence-corrected chi connectivity index (χ1v) is 6.98. The minimum absolute atomic E-state index is 0.171. The van der Waals surface area contributed by atoms with Gasteiger partial charge in [-0.15, -0.1) is 0 Å². The lowest BCUT2D eigenvalue weighted by Crippen LogP contribution is -2.36. The second kappa shape index (κ2) is 5.08. The van der Waals surface area contributed by atoms with Crippen molar-refractivity contribution in [3.05, 3.63) is 0 Å². The van der Waals surface area contributed by atoms with Crippen LogP contribution in [0.4, 0.5) is 4.79 Å². The average Bonchev–Trinajstić information content (AvgIpc) is 2.72. The van der Waals surface area contributed by atoms with E-state index in [9.17, 15) is 4.79 Å². The third kappa shape index (κ3) is 3.16. The van der Waals surface area contributed by atoms with Crippen LogP contribution < -0.4 is 0 Å². The largest absolute Gasteiger partial charge is 0.444 e. The standard InChI is InChI=1S/C14H25NO3/c1-14(2,3)18-13(17)15-8-11-6-10(4-5-16)7-12(11)9-15/h10-12,16H,4-9H2,1-3H3. The van der Waals surface area contributed by atoms with Crippen LogP contribution >= 0.6 is 0 Å². The Hall–Kier alpha value is -0.770. The van der Waals surface area contributed by atoms with E-state index in [4.69, 9.17) is 9.84 Å². The Morgan fingerprint density at radius 1 is 1.28 bits per heavy atom. The van der Waals surface area contributed by atoms with Gasteiger partial charge in [-0.1, -0.05) is 0 Å². The molecule has 1 heterocycles. The third-order valence-electron chi connectivity index (χ3n) is 4.04. The number of nitrogens with zero attached hydrogens (tertiary/aromatic N) is 1. The van der Waals surface area contributed by atoms with Crippen molar-refractivity contribution in [2.24, 2.45) is 17.8 Å². The molecule has 2 unspecified atom stereocenters. The molecule has 1 saturated carbocycles. The van der Waals surface area contributed by atoms with Crippen LogP contribution in [0.5, 0.6) is 0 Å². The zero-order valence-electron chi connectivity index (χ0n) is 11.7. The normalized spacial score (nSPS) is 31.6. The first-order valence-electron chi connectivity index (χ1n) is 6.98. The molecule has 0 aromatic rings. The number of carbonyl (C=O) groups is 1. The van der Waals surface area contributed by atoms with E-state index in [1.165, 1.54) is 0 Å². The van der Waals surface area contributed by atoms with Gasteiger partial charge in [0.05, 0.1) is 0 Å². The van der Waals surface area contributed by atoms with Gasteiger partial charge in [-0.3, -0.25) is 0 Å². The number of rotatable bonds is 2. The molecule has 0 aromatic carbocycles. The Balaban J connectivity index is 1.83. The minimum atomic E-state index is -0.409. The summed E-state index contributed by atoms with van der Waals surface area (Å²) in [6.07, 6.45) is 3.06. The Morgan fingerprint density at radius 2 is 1.83 bits per heavy atom. The molecule has 1 aliphatic heterocycles. The summed E-state index contributed by atoms with van der Waals surface area (Å²) < 4.78 is 5.41. The molecule has 4 heteroatoms. The van der Waals surface area contributed by atoms with Crippen LogP contribution in [-0.4, -0.2) is 41.4 Å². The summed E-state index contributed by atoms with van der Waals surface area (Å²) in [6, 6.07) is 0. The molecule has 0 radical (unpaired) electrons. The molecule has 2 rings (SSSR count). The van der Waals surface area contributed by atoms with Gasteiger partial charge in [0.1, 0.15) is 5.60 Å². The maximum atomic E-state index is 12.0. The molecule has 2 aliphatic rings. The molecule has 1 aliphatic carbocycles. The summed E-state index contributed by atoms with van der Waals surface area (Å²) in [7, 11) is 0. The highest BCUT2D eigenvalue weighted by atomic mass is 16.6. The van der Waals surface area contributed by atoms with E-state index < -0.39 is 5.60 Å². The van der Waals surface area contributed by atoms with Crippen LogP contribution in [0.25, 0.3) is 0 Å². The van der Waals surface area contributed by atoms with Crippen molar-refractivity contribution >= 4 is 6.09 Å². The summed E-state index contributed by atoms with van der Waals surface area (Å²) in [4.78, 5) is 13.8. The lowest BCUT2D eigenvalue weighted by Gasteiger charge is -2.25. The molecule has 4 nitrogen and oxygen atoms in total. The first-order chi connectivity index (χ1) is 8.39. The number of hydrogen-bond acceptors (Lipinski definition) is 3. The highest BCUT2D eigenvalue weighted by Gasteiger charge is 2.42. The van der Waals surface area contributed by atoms with E-state index in [0.29, 0.717) is 24.4 Å². The SMILES string of the molecule is CC(C)(C)OC(=O)N1CC2CC(CCO)CC2C1. The first kappa shape index (κ1) is 13.7. The Labute approximate surface area is 109 Å². The molecule has 1 saturated heterocycles. The predicted octanol–water partition coefficient (Wildman–Crippen LogP) is 2.26. The molecular formula is C14H25NO3. The third-order valence-corrected chi connectivity index (χ3v) is 4.04. The summed E-state index contributed by atoms with van der Waals surface area (Å²) in [5, 5.41) is 8.97. The van der Waals surface area contributed by atoms with Crippen LogP contribution in [0, 0.1) is 17.8 Å². The van der Waals surface area contributed by atoms with Crippen molar-refractivity contribution in [3.8, 4) is 0 Å². The van der Waals surface area contributed by atoms with Crippen molar-refractivity contribution in [3.63, 3.8) is 0 Å². The van der Waals surface area contributed by atoms with Gasteiger partial charge in [0.25, 0.3) is 0 Å². The van der Waals surface area contributed by atoms with Crippen molar-refractivity contribution in [2.75, 3.05) is 19.7 Å². The van der Waals surface area contributed by atoms with Crippen LogP contribution in [0.2, 0.25) is 0 Å². The zero-order chi connectivity index (χ0) is 13.3. The van der Waals surface area contributed by atoms with E-state index in [0.717, 1.165) is 32.4 Å². The summed E-state index contributed by atoms with van der Waals surface area (Å²) in [6.45, 7) is 7.67. The predicted molar refractivity (Wildman–Crippen MR) is 69.2 cm³/mol. The van der Waals surface area contributed by atoms with Crippen molar-refractivity contribution in [2.45, 2.75) is 45.6 Å². The van der Waals surface area contributed by atoms with Crippen molar-refractivity contribution in [1.82, 2.24) is 4.90 Å². The minimum Gasteiger partial charge on any atom is -0.444 e. The monoisotopic (exact) mass is 255 g/mol. The number of aliphatic hydroxyl groups is 1. The molecule has 2 fully saturated rings. The maximum Gasteiger partial charge on any atom is 0.410 e. The van der Waals surface area contributed by atoms with Gasteiger partial charge in [-0.05, 0) is 57.8 Å². The second-order valence-electron chi connectivity index (χ2n) is 6.76. The van der Waals surface area contributed by atoms with E-state index >= 15 is 0 Å². The number of aliphatic hydroxyl groups excluding tert-OH is 1. The molecule has 18 heavy (non-hydrogen) atoms. The Bertz CT molecular complexity index is 297. The van der Waals surface area contributed by atoms with Crippen molar-refractivity contribution < 1.29 is 14.6 Å². The van der Waals surface area contributed by atoms with Crippen LogP contribution in [0.15, 0.2) is 0 Å². The molecule has 1 amide bonds. The molecule has 1 N–H and O–H groups in total. The van der Waals surface area contributed by atoms with Gasteiger partial charge < -0.3 is 14.7 Å². The second-order valence-corrected chi connectivity index (χ2v) is 6.76. The fourth-order valence-corrected chi connectivity index (χ4v) is 3.32. The number of fused-ring (bicyclic) bond motifs is 1. The number of amides is 1. The molecule has 2 atom stereocenters. The summed E-state index contributed by atoms with van der Waals surface area (Å²) in [5.74, 6) is 1.90. The fourth-order valence-electron chi connectivity index (χ4n) is 3.32. The lowest BCUT2D eigenvalue weighted by atomic mass is 10.0. The number of carbonyl (C=O) groups excluding carboxylic acids is 1. The van der Waals surface area contributed by atoms with E-state index in [1.54, 1.807) is 0 Å². The molecule has 0 spiro atoms. The molecule has 0 bridgehead atoms. The molecule has 0 aromatic heterocycles. The quantitative estimate of drug-likeness (QED) is 0.823.